The molecule has 0 bridgehead atoms. The third-order valence-electron chi connectivity index (χ3n) is 7.53. The summed E-state index contributed by atoms with van der Waals surface area (Å²) in [7, 11) is -3.90. The van der Waals surface area contributed by atoms with E-state index in [1.807, 2.05) is 61.5 Å². The summed E-state index contributed by atoms with van der Waals surface area (Å²) in [5, 5.41) is 3.64. The molecule has 4 rings (SSSR count). The van der Waals surface area contributed by atoms with Gasteiger partial charge in [-0.25, -0.2) is 8.42 Å². The molecule has 1 aliphatic carbocycles. The molecule has 1 aliphatic rings. The maximum Gasteiger partial charge on any atom is 0.244 e. The van der Waals surface area contributed by atoms with E-state index in [0.29, 0.717) is 0 Å². The van der Waals surface area contributed by atoms with Crippen molar-refractivity contribution in [2.45, 2.75) is 64.1 Å². The van der Waals surface area contributed by atoms with Gasteiger partial charge in [-0.3, -0.25) is 13.9 Å². The van der Waals surface area contributed by atoms with Gasteiger partial charge in [-0.05, 0) is 49.1 Å². The van der Waals surface area contributed by atoms with Crippen LogP contribution < -0.4 is 9.62 Å². The third-order valence-corrected chi connectivity index (χ3v) is 9.41. The van der Waals surface area contributed by atoms with Crippen molar-refractivity contribution in [1.82, 2.24) is 10.2 Å². The molecule has 0 heterocycles. The van der Waals surface area contributed by atoms with Crippen molar-refractivity contribution < 1.29 is 18.0 Å². The highest BCUT2D eigenvalue weighted by atomic mass is 35.5. The summed E-state index contributed by atoms with van der Waals surface area (Å²) in [5.74, 6) is -0.750. The summed E-state index contributed by atoms with van der Waals surface area (Å²) in [6.07, 6.45) is 6.35. The van der Waals surface area contributed by atoms with Gasteiger partial charge in [-0.2, -0.15) is 0 Å². The predicted octanol–water partition coefficient (Wildman–Crippen LogP) is 6.16. The first-order valence-electron chi connectivity index (χ1n) is 14.1. The van der Waals surface area contributed by atoms with Crippen LogP contribution in [-0.2, 0) is 32.6 Å². The SMILES string of the molecule is Cc1cccc(CN(C(=O)CN(c2ccc(Cl)c(Cl)c2)S(C)(=O)=O)[C@H](Cc2ccccc2)C(=O)NC2CCCCC2)c1. The van der Waals surface area contributed by atoms with E-state index in [1.165, 1.54) is 23.1 Å². The number of hydrogen-bond donors (Lipinski definition) is 1. The monoisotopic (exact) mass is 629 g/mol. The molecule has 0 saturated heterocycles. The molecule has 1 saturated carbocycles. The van der Waals surface area contributed by atoms with Crippen LogP contribution in [0.5, 0.6) is 0 Å². The van der Waals surface area contributed by atoms with E-state index in [1.54, 1.807) is 0 Å². The van der Waals surface area contributed by atoms with Gasteiger partial charge in [0.15, 0.2) is 0 Å². The van der Waals surface area contributed by atoms with Gasteiger partial charge in [0.2, 0.25) is 21.8 Å². The zero-order valence-electron chi connectivity index (χ0n) is 23.9. The number of halogens is 2. The van der Waals surface area contributed by atoms with Gasteiger partial charge in [-0.15, -0.1) is 0 Å². The molecular weight excluding hydrogens is 593 g/mol. The van der Waals surface area contributed by atoms with E-state index >= 15 is 0 Å². The fraction of sp³-hybridized carbons (Fsp3) is 0.375. The fourth-order valence-corrected chi connectivity index (χ4v) is 6.49. The Morgan fingerprint density at radius 1 is 0.905 bits per heavy atom. The second-order valence-electron chi connectivity index (χ2n) is 10.9. The number of carbonyl (C=O) groups excluding carboxylic acids is 2. The molecule has 1 N–H and O–H groups in total. The molecule has 2 amide bonds. The van der Waals surface area contributed by atoms with Crippen molar-refractivity contribution in [2.24, 2.45) is 0 Å². The smallest absolute Gasteiger partial charge is 0.244 e. The number of amides is 2. The second kappa shape index (κ2) is 14.4. The maximum atomic E-state index is 14.2. The zero-order valence-corrected chi connectivity index (χ0v) is 26.3. The average Bonchev–Trinajstić information content (AvgIpc) is 2.95. The Bertz CT molecular complexity index is 1490. The molecule has 0 aliphatic heterocycles. The Labute approximate surface area is 258 Å². The van der Waals surface area contributed by atoms with Gasteiger partial charge in [0.05, 0.1) is 22.0 Å². The number of benzene rings is 3. The first-order chi connectivity index (χ1) is 20.0. The number of carbonyl (C=O) groups is 2. The molecule has 7 nitrogen and oxygen atoms in total. The lowest BCUT2D eigenvalue weighted by Crippen LogP contribution is -2.55. The standard InChI is InChI=1S/C32H37Cl2N3O4S/c1-23-10-9-13-25(18-23)21-36(31(38)22-37(42(2,40)41)27-16-17-28(33)29(34)20-27)30(19-24-11-5-3-6-12-24)32(39)35-26-14-7-4-8-15-26/h3,5-6,9-13,16-18,20,26,30H,4,7-8,14-15,19,21-22H2,1-2H3,(H,35,39)/t30-/m1/s1. The minimum Gasteiger partial charge on any atom is -0.352 e. The Kier molecular flexibility index (Phi) is 10.9. The van der Waals surface area contributed by atoms with E-state index in [4.69, 9.17) is 23.2 Å². The van der Waals surface area contributed by atoms with Crippen LogP contribution in [0.25, 0.3) is 0 Å². The van der Waals surface area contributed by atoms with Gasteiger partial charge < -0.3 is 10.2 Å². The third kappa shape index (κ3) is 8.72. The maximum absolute atomic E-state index is 14.2. The molecule has 42 heavy (non-hydrogen) atoms. The van der Waals surface area contributed by atoms with Crippen LogP contribution in [0.4, 0.5) is 5.69 Å². The highest BCUT2D eigenvalue weighted by Crippen LogP contribution is 2.29. The summed E-state index contributed by atoms with van der Waals surface area (Å²) in [6, 6.07) is 20.9. The summed E-state index contributed by atoms with van der Waals surface area (Å²) in [6.45, 7) is 1.59. The number of anilines is 1. The lowest BCUT2D eigenvalue weighted by atomic mass is 9.94. The molecule has 3 aromatic carbocycles. The van der Waals surface area contributed by atoms with Gasteiger partial charge in [0.25, 0.3) is 0 Å². The van der Waals surface area contributed by atoms with Crippen LogP contribution >= 0.6 is 23.2 Å². The number of sulfonamides is 1. The summed E-state index contributed by atoms with van der Waals surface area (Å²) >= 11 is 12.3. The van der Waals surface area contributed by atoms with Gasteiger partial charge in [0, 0.05) is 19.0 Å². The van der Waals surface area contributed by atoms with E-state index < -0.39 is 28.5 Å². The molecular formula is C32H37Cl2N3O4S. The molecule has 3 aromatic rings. The number of aryl methyl sites for hydroxylation is 1. The predicted molar refractivity (Wildman–Crippen MR) is 169 cm³/mol. The lowest BCUT2D eigenvalue weighted by molar-refractivity contribution is -0.140. The average molecular weight is 631 g/mol. The molecule has 0 spiro atoms. The van der Waals surface area contributed by atoms with Crippen LogP contribution in [0.2, 0.25) is 10.0 Å². The van der Waals surface area contributed by atoms with Crippen molar-refractivity contribution in [3.63, 3.8) is 0 Å². The van der Waals surface area contributed by atoms with E-state index in [2.05, 4.69) is 5.32 Å². The first-order valence-corrected chi connectivity index (χ1v) is 16.7. The van der Waals surface area contributed by atoms with Crippen LogP contribution in [0, 0.1) is 6.92 Å². The highest BCUT2D eigenvalue weighted by Gasteiger charge is 2.34. The summed E-state index contributed by atoms with van der Waals surface area (Å²) in [5.41, 5.74) is 2.96. The highest BCUT2D eigenvalue weighted by molar-refractivity contribution is 7.92. The first kappa shape index (κ1) is 31.9. The number of nitrogens with one attached hydrogen (secondary N) is 1. The fourth-order valence-electron chi connectivity index (χ4n) is 5.36. The minimum absolute atomic E-state index is 0.0455. The van der Waals surface area contributed by atoms with Crippen LogP contribution in [0.15, 0.2) is 72.8 Å². The molecule has 0 unspecified atom stereocenters. The zero-order chi connectivity index (χ0) is 30.3. The Morgan fingerprint density at radius 2 is 1.60 bits per heavy atom. The summed E-state index contributed by atoms with van der Waals surface area (Å²) in [4.78, 5) is 29.7. The van der Waals surface area contributed by atoms with Crippen LogP contribution in [0.3, 0.4) is 0 Å². The van der Waals surface area contributed by atoms with Gasteiger partial charge in [-0.1, -0.05) is 103 Å². The van der Waals surface area contributed by atoms with E-state index in [9.17, 15) is 18.0 Å². The quantitative estimate of drug-likeness (QED) is 0.275. The topological polar surface area (TPSA) is 86.8 Å². The Hall–Kier alpha value is -3.07. The largest absolute Gasteiger partial charge is 0.352 e. The molecule has 224 valence electrons. The van der Waals surface area contributed by atoms with Gasteiger partial charge >= 0.3 is 0 Å². The number of hydrogen-bond acceptors (Lipinski definition) is 4. The van der Waals surface area contributed by atoms with Crippen molar-refractivity contribution in [3.05, 3.63) is 99.5 Å². The molecule has 10 heteroatoms. The van der Waals surface area contributed by atoms with Crippen molar-refractivity contribution in [3.8, 4) is 0 Å². The van der Waals surface area contributed by atoms with Gasteiger partial charge in [0.1, 0.15) is 12.6 Å². The van der Waals surface area contributed by atoms with E-state index in [-0.39, 0.29) is 40.6 Å². The second-order valence-corrected chi connectivity index (χ2v) is 13.6. The minimum atomic E-state index is -3.90. The number of rotatable bonds is 11. The number of nitrogens with zero attached hydrogens (tertiary/aromatic N) is 2. The Balaban J connectivity index is 1.73. The van der Waals surface area contributed by atoms with Crippen LogP contribution in [-0.4, -0.2) is 50.0 Å². The summed E-state index contributed by atoms with van der Waals surface area (Å²) < 4.78 is 26.9. The molecule has 0 radical (unpaired) electrons. The molecule has 1 fully saturated rings. The van der Waals surface area contributed by atoms with Crippen molar-refractivity contribution in [2.75, 3.05) is 17.1 Å². The molecule has 0 aromatic heterocycles. The molecule has 1 atom stereocenters. The van der Waals surface area contributed by atoms with Crippen molar-refractivity contribution >= 4 is 50.7 Å². The lowest BCUT2D eigenvalue weighted by Gasteiger charge is -2.35. The van der Waals surface area contributed by atoms with Crippen LogP contribution in [0.1, 0.15) is 48.8 Å². The van der Waals surface area contributed by atoms with E-state index in [0.717, 1.165) is 59.4 Å². The Morgan fingerprint density at radius 3 is 2.24 bits per heavy atom. The normalized spacial score (nSPS) is 14.7. The van der Waals surface area contributed by atoms with Crippen molar-refractivity contribution in [1.29, 1.82) is 0 Å².